The van der Waals surface area contributed by atoms with Crippen molar-refractivity contribution < 1.29 is 4.74 Å². The van der Waals surface area contributed by atoms with Crippen molar-refractivity contribution in [3.63, 3.8) is 0 Å². The van der Waals surface area contributed by atoms with Gasteiger partial charge in [0.2, 0.25) is 0 Å². The van der Waals surface area contributed by atoms with E-state index in [1.807, 2.05) is 6.07 Å². The Labute approximate surface area is 85.9 Å². The van der Waals surface area contributed by atoms with Crippen molar-refractivity contribution in [3.05, 3.63) is 18.0 Å². The maximum Gasteiger partial charge on any atom is 0.0622 e. The van der Waals surface area contributed by atoms with Crippen molar-refractivity contribution in [1.82, 2.24) is 10.2 Å². The number of H-pyrrole nitrogens is 1. The van der Waals surface area contributed by atoms with E-state index in [-0.39, 0.29) is 5.60 Å². The number of methoxy groups -OCH3 is 1. The molecule has 0 aliphatic heterocycles. The third-order valence-electron chi connectivity index (χ3n) is 2.59. The van der Waals surface area contributed by atoms with E-state index < -0.39 is 0 Å². The van der Waals surface area contributed by atoms with Crippen molar-refractivity contribution in [2.24, 2.45) is 0 Å². The topological polar surface area (TPSA) is 37.9 Å². The fraction of sp³-hybridized carbons (Fsp3) is 0.727. The van der Waals surface area contributed by atoms with E-state index in [9.17, 15) is 0 Å². The first-order valence-corrected chi connectivity index (χ1v) is 5.17. The molecule has 3 nitrogen and oxygen atoms in total. The van der Waals surface area contributed by atoms with Gasteiger partial charge in [-0.25, -0.2) is 0 Å². The first-order valence-electron chi connectivity index (χ1n) is 5.17. The Morgan fingerprint density at radius 3 is 2.79 bits per heavy atom. The lowest BCUT2D eigenvalue weighted by Gasteiger charge is -2.22. The van der Waals surface area contributed by atoms with Gasteiger partial charge >= 0.3 is 0 Å². The van der Waals surface area contributed by atoms with Crippen LogP contribution >= 0.6 is 0 Å². The van der Waals surface area contributed by atoms with Crippen molar-refractivity contribution in [2.75, 3.05) is 7.11 Å². The van der Waals surface area contributed by atoms with Crippen molar-refractivity contribution >= 4 is 0 Å². The predicted octanol–water partition coefficient (Wildman–Crippen LogP) is 2.55. The minimum atomic E-state index is 0.0218. The molecule has 1 aromatic heterocycles. The van der Waals surface area contributed by atoms with Crippen LogP contribution in [0.25, 0.3) is 0 Å². The number of hydrogen-bond acceptors (Lipinski definition) is 2. The summed E-state index contributed by atoms with van der Waals surface area (Å²) >= 11 is 0. The van der Waals surface area contributed by atoms with Gasteiger partial charge in [-0.1, -0.05) is 6.42 Å². The number of aromatic nitrogens is 2. The summed E-state index contributed by atoms with van der Waals surface area (Å²) in [6.45, 7) is 4.26. The van der Waals surface area contributed by atoms with Gasteiger partial charge in [-0.15, -0.1) is 0 Å². The van der Waals surface area contributed by atoms with Gasteiger partial charge in [-0.05, 0) is 39.2 Å². The number of unbranched alkanes of at least 4 members (excludes halogenated alkanes) is 1. The molecule has 1 rings (SSSR count). The summed E-state index contributed by atoms with van der Waals surface area (Å²) in [7, 11) is 1.77. The summed E-state index contributed by atoms with van der Waals surface area (Å²) in [6, 6.07) is 2.03. The molecular weight excluding hydrogens is 176 g/mol. The van der Waals surface area contributed by atoms with Crippen LogP contribution in [0.3, 0.4) is 0 Å². The van der Waals surface area contributed by atoms with E-state index in [2.05, 4.69) is 24.0 Å². The summed E-state index contributed by atoms with van der Waals surface area (Å²) in [6.07, 6.45) is 6.38. The van der Waals surface area contributed by atoms with Gasteiger partial charge in [0, 0.05) is 19.0 Å². The number of aromatic amines is 1. The van der Waals surface area contributed by atoms with Crippen LogP contribution in [0.4, 0.5) is 0 Å². The van der Waals surface area contributed by atoms with Gasteiger partial charge in [0.05, 0.1) is 5.60 Å². The van der Waals surface area contributed by atoms with Crippen LogP contribution in [0.2, 0.25) is 0 Å². The second kappa shape index (κ2) is 5.15. The highest BCUT2D eigenvalue weighted by Crippen LogP contribution is 2.17. The highest BCUT2D eigenvalue weighted by atomic mass is 16.5. The predicted molar refractivity (Wildman–Crippen MR) is 57.2 cm³/mol. The summed E-state index contributed by atoms with van der Waals surface area (Å²) < 4.78 is 5.35. The Balaban J connectivity index is 2.11. The minimum Gasteiger partial charge on any atom is -0.379 e. The Bertz CT molecular complexity index is 242. The monoisotopic (exact) mass is 196 g/mol. The summed E-state index contributed by atoms with van der Waals surface area (Å²) in [5, 5.41) is 6.88. The molecule has 1 heterocycles. The van der Waals surface area contributed by atoms with Crippen molar-refractivity contribution in [2.45, 2.75) is 45.1 Å². The Hall–Kier alpha value is -0.830. The highest BCUT2D eigenvalue weighted by Gasteiger charge is 2.14. The summed E-state index contributed by atoms with van der Waals surface area (Å²) in [5.41, 5.74) is 1.24. The molecule has 0 aromatic carbocycles. The van der Waals surface area contributed by atoms with E-state index in [4.69, 9.17) is 4.74 Å². The van der Waals surface area contributed by atoms with Gasteiger partial charge in [0.1, 0.15) is 0 Å². The van der Waals surface area contributed by atoms with Crippen LogP contribution in [0, 0.1) is 0 Å². The van der Waals surface area contributed by atoms with Gasteiger partial charge < -0.3 is 4.74 Å². The molecule has 0 aliphatic carbocycles. The Morgan fingerprint density at radius 1 is 1.43 bits per heavy atom. The molecular formula is C11H20N2O. The third kappa shape index (κ3) is 3.92. The van der Waals surface area contributed by atoms with Gasteiger partial charge in [-0.2, -0.15) is 5.10 Å². The van der Waals surface area contributed by atoms with E-state index in [0.29, 0.717) is 0 Å². The smallest absolute Gasteiger partial charge is 0.0622 e. The maximum atomic E-state index is 5.35. The van der Waals surface area contributed by atoms with Crippen LogP contribution in [0.15, 0.2) is 12.3 Å². The van der Waals surface area contributed by atoms with Crippen LogP contribution < -0.4 is 0 Å². The van der Waals surface area contributed by atoms with E-state index in [1.54, 1.807) is 13.3 Å². The molecule has 0 aliphatic rings. The van der Waals surface area contributed by atoms with Crippen LogP contribution in [0.1, 0.15) is 38.8 Å². The largest absolute Gasteiger partial charge is 0.379 e. The van der Waals surface area contributed by atoms with Gasteiger partial charge in [0.25, 0.3) is 0 Å². The lowest BCUT2D eigenvalue weighted by Crippen LogP contribution is -2.21. The molecule has 1 N–H and O–H groups in total. The molecule has 80 valence electrons. The lowest BCUT2D eigenvalue weighted by molar-refractivity contribution is 0.0135. The van der Waals surface area contributed by atoms with E-state index in [1.165, 1.54) is 18.5 Å². The molecule has 1 aromatic rings. The second-order valence-corrected chi connectivity index (χ2v) is 4.25. The first kappa shape index (κ1) is 11.2. The maximum absolute atomic E-state index is 5.35. The Kier molecular flexibility index (Phi) is 4.14. The van der Waals surface area contributed by atoms with Gasteiger partial charge in [0.15, 0.2) is 0 Å². The molecule has 0 spiro atoms. The zero-order valence-corrected chi connectivity index (χ0v) is 9.34. The molecule has 0 fully saturated rings. The van der Waals surface area contributed by atoms with Crippen molar-refractivity contribution in [3.8, 4) is 0 Å². The minimum absolute atomic E-state index is 0.0218. The number of aryl methyl sites for hydroxylation is 1. The number of rotatable bonds is 6. The van der Waals surface area contributed by atoms with Crippen LogP contribution in [-0.4, -0.2) is 22.9 Å². The summed E-state index contributed by atoms with van der Waals surface area (Å²) in [5.74, 6) is 0. The summed E-state index contributed by atoms with van der Waals surface area (Å²) in [4.78, 5) is 0. The normalized spacial score (nSPS) is 11.9. The average molecular weight is 196 g/mol. The standard InChI is InChI=1S/C11H20N2O/c1-11(2,14-3)8-5-4-6-10-7-9-12-13-10/h7,9H,4-6,8H2,1-3H3,(H,12,13). The fourth-order valence-corrected chi connectivity index (χ4v) is 1.39. The molecule has 0 unspecified atom stereocenters. The number of ether oxygens (including phenoxy) is 1. The molecule has 3 heteroatoms. The second-order valence-electron chi connectivity index (χ2n) is 4.25. The van der Waals surface area contributed by atoms with E-state index in [0.717, 1.165) is 12.8 Å². The number of hydrogen-bond donors (Lipinski definition) is 1. The molecule has 0 saturated heterocycles. The quantitative estimate of drug-likeness (QED) is 0.710. The van der Waals surface area contributed by atoms with Crippen LogP contribution in [0.5, 0.6) is 0 Å². The molecule has 14 heavy (non-hydrogen) atoms. The van der Waals surface area contributed by atoms with E-state index >= 15 is 0 Å². The third-order valence-corrected chi connectivity index (χ3v) is 2.59. The van der Waals surface area contributed by atoms with Crippen LogP contribution in [-0.2, 0) is 11.2 Å². The van der Waals surface area contributed by atoms with Gasteiger partial charge in [-0.3, -0.25) is 5.10 Å². The average Bonchev–Trinajstić information content (AvgIpc) is 2.65. The highest BCUT2D eigenvalue weighted by molar-refractivity contribution is 4.96. The zero-order valence-electron chi connectivity index (χ0n) is 9.34. The Morgan fingerprint density at radius 2 is 2.21 bits per heavy atom. The molecule has 0 radical (unpaired) electrons. The molecule has 0 amide bonds. The molecule has 0 atom stereocenters. The molecule has 0 bridgehead atoms. The first-order chi connectivity index (χ1) is 6.64. The SMILES string of the molecule is COC(C)(C)CCCCc1ccn[nH]1. The fourth-order valence-electron chi connectivity index (χ4n) is 1.39. The lowest BCUT2D eigenvalue weighted by atomic mass is 10.00. The van der Waals surface area contributed by atoms with Crippen molar-refractivity contribution in [1.29, 1.82) is 0 Å². The molecule has 0 saturated carbocycles. The number of nitrogens with zero attached hydrogens (tertiary/aromatic N) is 1. The number of nitrogens with one attached hydrogen (secondary N) is 1. The zero-order chi connectivity index (χ0) is 10.4.